The third-order valence-corrected chi connectivity index (χ3v) is 5.64. The Morgan fingerprint density at radius 1 is 0.676 bits per heavy atom. The fraction of sp³-hybridized carbons (Fsp3) is 0.115. The maximum Gasteiger partial charge on any atom is 0.333 e. The average molecular weight is 458 g/mol. The van der Waals surface area contributed by atoms with Gasteiger partial charge in [-0.1, -0.05) is 54.6 Å². The number of rotatable bonds is 6. The summed E-state index contributed by atoms with van der Waals surface area (Å²) >= 11 is 0. The Morgan fingerprint density at radius 2 is 1.26 bits per heavy atom. The van der Waals surface area contributed by atoms with Crippen LogP contribution < -0.4 is 11.2 Å². The smallest absolute Gasteiger partial charge is 0.320 e. The van der Waals surface area contributed by atoms with Crippen LogP contribution in [0.4, 0.5) is 8.78 Å². The molecule has 0 N–H and O–H groups in total. The summed E-state index contributed by atoms with van der Waals surface area (Å²) in [7, 11) is 0. The molecule has 0 saturated heterocycles. The highest BCUT2D eigenvalue weighted by molar-refractivity contribution is 5.70. The van der Waals surface area contributed by atoms with Crippen LogP contribution in [0.5, 0.6) is 0 Å². The summed E-state index contributed by atoms with van der Waals surface area (Å²) in [6.45, 7) is 0.300. The zero-order chi connectivity index (χ0) is 23.7. The fourth-order valence-corrected chi connectivity index (χ4v) is 4.06. The van der Waals surface area contributed by atoms with Gasteiger partial charge in [-0.2, -0.15) is 0 Å². The zero-order valence-corrected chi connectivity index (χ0v) is 18.1. The molecule has 0 amide bonds. The van der Waals surface area contributed by atoms with Gasteiger partial charge in [-0.3, -0.25) is 13.9 Å². The standard InChI is InChI=1S/C26H20F2N4O2/c27-21-10-4-8-19(12-21)15-31-24-23(30(17-29-24)14-18-6-2-1-3-7-18)25(33)32(26(31)34)16-20-9-5-11-22(28)13-20/h1-13,17H,14-16H2. The topological polar surface area (TPSA) is 61.8 Å². The molecule has 3 aromatic carbocycles. The molecule has 170 valence electrons. The third kappa shape index (κ3) is 4.17. The second kappa shape index (κ2) is 8.90. The predicted molar refractivity (Wildman–Crippen MR) is 125 cm³/mol. The SMILES string of the molecule is O=c1c2c(ncn2Cc2ccccc2)n(Cc2cccc(F)c2)c(=O)n1Cc1cccc(F)c1. The fourth-order valence-electron chi connectivity index (χ4n) is 4.06. The highest BCUT2D eigenvalue weighted by Gasteiger charge is 2.19. The maximum atomic E-state index is 13.8. The minimum atomic E-state index is -0.601. The monoisotopic (exact) mass is 458 g/mol. The Balaban J connectivity index is 1.70. The van der Waals surface area contributed by atoms with Crippen molar-refractivity contribution < 1.29 is 8.78 Å². The number of halogens is 2. The van der Waals surface area contributed by atoms with Gasteiger partial charge in [0.25, 0.3) is 5.56 Å². The van der Waals surface area contributed by atoms with E-state index in [1.807, 2.05) is 30.3 Å². The van der Waals surface area contributed by atoms with E-state index in [2.05, 4.69) is 4.98 Å². The second-order valence-electron chi connectivity index (χ2n) is 8.05. The molecule has 0 atom stereocenters. The lowest BCUT2D eigenvalue weighted by molar-refractivity contribution is 0.605. The van der Waals surface area contributed by atoms with Crippen molar-refractivity contribution >= 4 is 11.2 Å². The summed E-state index contributed by atoms with van der Waals surface area (Å²) in [5.41, 5.74) is 1.33. The van der Waals surface area contributed by atoms with Gasteiger partial charge >= 0.3 is 5.69 Å². The van der Waals surface area contributed by atoms with Crippen LogP contribution in [0.1, 0.15) is 16.7 Å². The van der Waals surface area contributed by atoms with E-state index in [0.29, 0.717) is 17.7 Å². The molecule has 6 nitrogen and oxygen atoms in total. The van der Waals surface area contributed by atoms with Crippen LogP contribution in [0.3, 0.4) is 0 Å². The number of hydrogen-bond acceptors (Lipinski definition) is 3. The average Bonchev–Trinajstić information content (AvgIpc) is 3.24. The van der Waals surface area contributed by atoms with Gasteiger partial charge in [0.2, 0.25) is 0 Å². The highest BCUT2D eigenvalue weighted by atomic mass is 19.1. The molecule has 34 heavy (non-hydrogen) atoms. The van der Waals surface area contributed by atoms with Crippen LogP contribution in [0, 0.1) is 11.6 Å². The Morgan fingerprint density at radius 3 is 1.88 bits per heavy atom. The van der Waals surface area contributed by atoms with Crippen molar-refractivity contribution in [1.29, 1.82) is 0 Å². The van der Waals surface area contributed by atoms with Crippen LogP contribution in [-0.4, -0.2) is 18.7 Å². The molecule has 0 spiro atoms. The maximum absolute atomic E-state index is 13.8. The van der Waals surface area contributed by atoms with Crippen molar-refractivity contribution in [2.24, 2.45) is 0 Å². The molecule has 5 rings (SSSR count). The number of aromatic nitrogens is 4. The molecule has 0 bridgehead atoms. The minimum Gasteiger partial charge on any atom is -0.320 e. The number of hydrogen-bond donors (Lipinski definition) is 0. The van der Waals surface area contributed by atoms with Crippen LogP contribution in [-0.2, 0) is 19.6 Å². The van der Waals surface area contributed by atoms with Crippen LogP contribution >= 0.6 is 0 Å². The second-order valence-corrected chi connectivity index (χ2v) is 8.05. The van der Waals surface area contributed by atoms with Crippen molar-refractivity contribution in [2.75, 3.05) is 0 Å². The number of fused-ring (bicyclic) bond motifs is 1. The van der Waals surface area contributed by atoms with Crippen LogP contribution in [0.25, 0.3) is 11.2 Å². The summed E-state index contributed by atoms with van der Waals surface area (Å²) in [6, 6.07) is 21.2. The van der Waals surface area contributed by atoms with Crippen LogP contribution in [0.2, 0.25) is 0 Å². The quantitative estimate of drug-likeness (QED) is 0.389. The Hall–Kier alpha value is -4.33. The lowest BCUT2D eigenvalue weighted by Gasteiger charge is -2.13. The number of benzene rings is 3. The van der Waals surface area contributed by atoms with E-state index in [9.17, 15) is 18.4 Å². The first-order valence-electron chi connectivity index (χ1n) is 10.7. The number of imidazole rings is 1. The minimum absolute atomic E-state index is 0.0267. The van der Waals surface area contributed by atoms with Crippen molar-refractivity contribution in [3.8, 4) is 0 Å². The molecule has 2 aromatic heterocycles. The van der Waals surface area contributed by atoms with Crippen molar-refractivity contribution in [2.45, 2.75) is 19.6 Å². The first-order chi connectivity index (χ1) is 16.5. The molecule has 0 aliphatic heterocycles. The Kier molecular flexibility index (Phi) is 5.63. The Labute approximate surface area is 193 Å². The van der Waals surface area contributed by atoms with Crippen LogP contribution in [0.15, 0.2) is 94.8 Å². The lowest BCUT2D eigenvalue weighted by atomic mass is 10.2. The zero-order valence-electron chi connectivity index (χ0n) is 18.1. The van der Waals surface area contributed by atoms with E-state index in [1.54, 1.807) is 22.8 Å². The van der Waals surface area contributed by atoms with E-state index >= 15 is 0 Å². The van der Waals surface area contributed by atoms with Crippen molar-refractivity contribution in [3.63, 3.8) is 0 Å². The predicted octanol–water partition coefficient (Wildman–Crippen LogP) is 3.78. The Bertz CT molecular complexity index is 1600. The molecule has 0 radical (unpaired) electrons. The van der Waals surface area contributed by atoms with Gasteiger partial charge in [0, 0.05) is 6.54 Å². The molecule has 0 unspecified atom stereocenters. The summed E-state index contributed by atoms with van der Waals surface area (Å²) in [5.74, 6) is -0.884. The summed E-state index contributed by atoms with van der Waals surface area (Å²) < 4.78 is 31.7. The van der Waals surface area contributed by atoms with Gasteiger partial charge in [-0.25, -0.2) is 18.6 Å². The first kappa shape index (κ1) is 21.5. The molecule has 5 aromatic rings. The van der Waals surface area contributed by atoms with Crippen molar-refractivity contribution in [1.82, 2.24) is 18.7 Å². The highest BCUT2D eigenvalue weighted by Crippen LogP contribution is 2.14. The van der Waals surface area contributed by atoms with Crippen molar-refractivity contribution in [3.05, 3.63) is 134 Å². The summed E-state index contributed by atoms with van der Waals surface area (Å²) in [5, 5.41) is 0. The normalized spacial score (nSPS) is 11.2. The lowest BCUT2D eigenvalue weighted by Crippen LogP contribution is -2.41. The van der Waals surface area contributed by atoms with E-state index in [0.717, 1.165) is 10.1 Å². The van der Waals surface area contributed by atoms with Gasteiger partial charge in [0.15, 0.2) is 11.2 Å². The number of nitrogens with zero attached hydrogens (tertiary/aromatic N) is 4. The van der Waals surface area contributed by atoms with Gasteiger partial charge in [0.05, 0.1) is 19.4 Å². The molecule has 0 aliphatic carbocycles. The molecule has 2 heterocycles. The molecule has 8 heteroatoms. The van der Waals surface area contributed by atoms with E-state index in [-0.39, 0.29) is 24.3 Å². The van der Waals surface area contributed by atoms with Gasteiger partial charge in [-0.15, -0.1) is 0 Å². The van der Waals surface area contributed by atoms with E-state index < -0.39 is 22.9 Å². The van der Waals surface area contributed by atoms with E-state index in [4.69, 9.17) is 0 Å². The van der Waals surface area contributed by atoms with Gasteiger partial charge < -0.3 is 4.57 Å². The molecule has 0 aliphatic rings. The summed E-state index contributed by atoms with van der Waals surface area (Å²) in [4.78, 5) is 31.3. The molecular weight excluding hydrogens is 438 g/mol. The molecular formula is C26H20F2N4O2. The largest absolute Gasteiger partial charge is 0.333 e. The van der Waals surface area contributed by atoms with E-state index in [1.165, 1.54) is 41.2 Å². The third-order valence-electron chi connectivity index (χ3n) is 5.64. The van der Waals surface area contributed by atoms with Gasteiger partial charge in [-0.05, 0) is 41.0 Å². The first-order valence-corrected chi connectivity index (χ1v) is 10.7. The molecule has 0 fully saturated rings. The molecule has 0 saturated carbocycles. The summed E-state index contributed by atoms with van der Waals surface area (Å²) in [6.07, 6.45) is 1.52. The van der Waals surface area contributed by atoms with Gasteiger partial charge in [0.1, 0.15) is 11.6 Å².